The summed E-state index contributed by atoms with van der Waals surface area (Å²) in [5.41, 5.74) is 1.68. The molecule has 0 amide bonds. The van der Waals surface area contributed by atoms with E-state index in [9.17, 15) is 10.1 Å². The molecular formula is C19H23NO4. The van der Waals surface area contributed by atoms with Crippen LogP contribution in [-0.2, 0) is 16.0 Å². The summed E-state index contributed by atoms with van der Waals surface area (Å²) in [6, 6.07) is 5.66. The van der Waals surface area contributed by atoms with Gasteiger partial charge in [0.2, 0.25) is 0 Å². The van der Waals surface area contributed by atoms with Crippen molar-refractivity contribution in [3.8, 4) is 17.6 Å². The van der Waals surface area contributed by atoms with Crippen LogP contribution in [0.1, 0.15) is 44.7 Å². The molecule has 0 aromatic heterocycles. The van der Waals surface area contributed by atoms with Gasteiger partial charge in [0.05, 0.1) is 13.2 Å². The van der Waals surface area contributed by atoms with Crippen molar-refractivity contribution in [2.24, 2.45) is 0 Å². The van der Waals surface area contributed by atoms with Gasteiger partial charge in [0, 0.05) is 17.5 Å². The van der Waals surface area contributed by atoms with Crippen LogP contribution >= 0.6 is 0 Å². The lowest BCUT2D eigenvalue weighted by molar-refractivity contribution is -0.138. The van der Waals surface area contributed by atoms with Gasteiger partial charge in [-0.1, -0.05) is 13.3 Å². The molecule has 0 spiro atoms. The maximum Gasteiger partial charge on any atom is 0.348 e. The second kappa shape index (κ2) is 8.39. The van der Waals surface area contributed by atoms with Crippen LogP contribution in [0.5, 0.6) is 11.5 Å². The molecule has 0 radical (unpaired) electrons. The number of rotatable bonds is 7. The third-order valence-electron chi connectivity index (χ3n) is 3.70. The van der Waals surface area contributed by atoms with E-state index in [-0.39, 0.29) is 11.7 Å². The minimum Gasteiger partial charge on any atom is -0.493 e. The van der Waals surface area contributed by atoms with Crippen LogP contribution in [0.3, 0.4) is 0 Å². The molecule has 128 valence electrons. The van der Waals surface area contributed by atoms with Crippen molar-refractivity contribution in [3.63, 3.8) is 0 Å². The molecule has 0 fully saturated rings. The standard InChI is InChI=1S/C19H23NO4/c1-4-6-7-23-19(21)16(12-20)9-15-11-18-14(8-13(3)24-18)10-17(15)22-5-2/h9-11,13H,4-8H2,1-3H3. The predicted octanol–water partition coefficient (Wildman–Crippen LogP) is 3.66. The first kappa shape index (κ1) is 17.9. The van der Waals surface area contributed by atoms with Crippen LogP contribution < -0.4 is 9.47 Å². The number of hydrogen-bond donors (Lipinski definition) is 0. The highest BCUT2D eigenvalue weighted by Crippen LogP contribution is 2.36. The van der Waals surface area contributed by atoms with E-state index < -0.39 is 5.97 Å². The van der Waals surface area contributed by atoms with Crippen molar-refractivity contribution in [3.05, 3.63) is 28.8 Å². The van der Waals surface area contributed by atoms with Crippen LogP contribution in [0.2, 0.25) is 0 Å². The summed E-state index contributed by atoms with van der Waals surface area (Å²) in [6.07, 6.45) is 4.14. The Bertz CT molecular complexity index is 673. The third-order valence-corrected chi connectivity index (χ3v) is 3.70. The molecule has 1 atom stereocenters. The highest BCUT2D eigenvalue weighted by atomic mass is 16.5. The molecule has 1 aromatic rings. The smallest absolute Gasteiger partial charge is 0.348 e. The molecule has 5 nitrogen and oxygen atoms in total. The largest absolute Gasteiger partial charge is 0.493 e. The Hall–Kier alpha value is -2.48. The van der Waals surface area contributed by atoms with E-state index in [1.807, 2.05) is 39.0 Å². The Morgan fingerprint density at radius 2 is 2.25 bits per heavy atom. The summed E-state index contributed by atoms with van der Waals surface area (Å²) in [6.45, 7) is 6.72. The zero-order chi connectivity index (χ0) is 17.5. The van der Waals surface area contributed by atoms with Gasteiger partial charge < -0.3 is 14.2 Å². The van der Waals surface area contributed by atoms with Gasteiger partial charge in [0.15, 0.2) is 0 Å². The van der Waals surface area contributed by atoms with E-state index in [1.54, 1.807) is 0 Å². The average Bonchev–Trinajstić information content (AvgIpc) is 2.91. The number of fused-ring (bicyclic) bond motifs is 1. The van der Waals surface area contributed by atoms with Gasteiger partial charge in [0.1, 0.15) is 29.2 Å². The first-order valence-electron chi connectivity index (χ1n) is 8.34. The topological polar surface area (TPSA) is 68.6 Å². The van der Waals surface area contributed by atoms with Crippen LogP contribution in [0.25, 0.3) is 6.08 Å². The number of benzene rings is 1. The number of esters is 1. The van der Waals surface area contributed by atoms with Gasteiger partial charge in [0.25, 0.3) is 0 Å². The molecule has 24 heavy (non-hydrogen) atoms. The fourth-order valence-electron chi connectivity index (χ4n) is 2.53. The molecule has 1 aromatic carbocycles. The summed E-state index contributed by atoms with van der Waals surface area (Å²) in [5, 5.41) is 9.28. The lowest BCUT2D eigenvalue weighted by Gasteiger charge is -2.10. The lowest BCUT2D eigenvalue weighted by atomic mass is 10.0. The second-order valence-corrected chi connectivity index (χ2v) is 5.72. The minimum atomic E-state index is -0.608. The SMILES string of the molecule is CCCCOC(=O)C(C#N)=Cc1cc2c(cc1OCC)CC(C)O2. The average molecular weight is 329 g/mol. The Morgan fingerprint density at radius 3 is 2.92 bits per heavy atom. The van der Waals surface area contributed by atoms with Crippen molar-refractivity contribution < 1.29 is 19.0 Å². The van der Waals surface area contributed by atoms with Gasteiger partial charge in [-0.3, -0.25) is 0 Å². The number of ether oxygens (including phenoxy) is 3. The third kappa shape index (κ3) is 4.29. The Kier molecular flexibility index (Phi) is 6.25. The lowest BCUT2D eigenvalue weighted by Crippen LogP contribution is -2.08. The number of hydrogen-bond acceptors (Lipinski definition) is 5. The highest BCUT2D eigenvalue weighted by Gasteiger charge is 2.22. The first-order chi connectivity index (χ1) is 11.6. The summed E-state index contributed by atoms with van der Waals surface area (Å²) < 4.78 is 16.5. The molecular weight excluding hydrogens is 306 g/mol. The van der Waals surface area contributed by atoms with Crippen LogP contribution in [0.15, 0.2) is 17.7 Å². The molecule has 1 aliphatic rings. The minimum absolute atomic E-state index is 0.0435. The second-order valence-electron chi connectivity index (χ2n) is 5.72. The van der Waals surface area contributed by atoms with Gasteiger partial charge in [-0.2, -0.15) is 5.26 Å². The molecule has 2 rings (SSSR count). The molecule has 5 heteroatoms. The van der Waals surface area contributed by atoms with E-state index in [4.69, 9.17) is 14.2 Å². The zero-order valence-corrected chi connectivity index (χ0v) is 14.4. The van der Waals surface area contributed by atoms with Gasteiger partial charge in [-0.05, 0) is 38.5 Å². The quantitative estimate of drug-likeness (QED) is 0.330. The predicted molar refractivity (Wildman–Crippen MR) is 90.9 cm³/mol. The van der Waals surface area contributed by atoms with E-state index >= 15 is 0 Å². The maximum atomic E-state index is 12.0. The van der Waals surface area contributed by atoms with Crippen molar-refractivity contribution in [1.29, 1.82) is 5.26 Å². The molecule has 1 aliphatic heterocycles. The van der Waals surface area contributed by atoms with E-state index in [0.29, 0.717) is 24.5 Å². The Labute approximate surface area is 142 Å². The molecule has 0 bridgehead atoms. The molecule has 0 saturated carbocycles. The monoisotopic (exact) mass is 329 g/mol. The van der Waals surface area contributed by atoms with Crippen molar-refractivity contribution in [2.45, 2.75) is 46.1 Å². The summed E-state index contributed by atoms with van der Waals surface area (Å²) in [7, 11) is 0. The molecule has 1 heterocycles. The summed E-state index contributed by atoms with van der Waals surface area (Å²) in [4.78, 5) is 12.0. The van der Waals surface area contributed by atoms with Gasteiger partial charge >= 0.3 is 5.97 Å². The summed E-state index contributed by atoms with van der Waals surface area (Å²) in [5.74, 6) is 0.806. The van der Waals surface area contributed by atoms with E-state index in [2.05, 4.69) is 0 Å². The van der Waals surface area contributed by atoms with Crippen LogP contribution in [0.4, 0.5) is 0 Å². The number of carbonyl (C=O) groups is 1. The van der Waals surface area contributed by atoms with Crippen molar-refractivity contribution in [2.75, 3.05) is 13.2 Å². The molecule has 0 N–H and O–H groups in total. The maximum absolute atomic E-state index is 12.0. The number of nitriles is 1. The molecule has 0 saturated heterocycles. The highest BCUT2D eigenvalue weighted by molar-refractivity contribution is 5.98. The Morgan fingerprint density at radius 1 is 1.46 bits per heavy atom. The zero-order valence-electron chi connectivity index (χ0n) is 14.4. The van der Waals surface area contributed by atoms with E-state index in [1.165, 1.54) is 6.08 Å². The Balaban J connectivity index is 2.30. The van der Waals surface area contributed by atoms with Crippen LogP contribution in [-0.4, -0.2) is 25.3 Å². The number of nitrogens with zero attached hydrogens (tertiary/aromatic N) is 1. The normalized spacial score (nSPS) is 16.1. The summed E-state index contributed by atoms with van der Waals surface area (Å²) >= 11 is 0. The van der Waals surface area contributed by atoms with Crippen molar-refractivity contribution >= 4 is 12.0 Å². The van der Waals surface area contributed by atoms with Gasteiger partial charge in [-0.25, -0.2) is 4.79 Å². The van der Waals surface area contributed by atoms with Gasteiger partial charge in [-0.15, -0.1) is 0 Å². The fraction of sp³-hybridized carbons (Fsp3) is 0.474. The fourth-order valence-corrected chi connectivity index (χ4v) is 2.53. The van der Waals surface area contributed by atoms with Crippen molar-refractivity contribution in [1.82, 2.24) is 0 Å². The molecule has 0 aliphatic carbocycles. The number of carbonyl (C=O) groups excluding carboxylic acids is 1. The van der Waals surface area contributed by atoms with Crippen LogP contribution in [0, 0.1) is 11.3 Å². The number of unbranched alkanes of at least 4 members (excludes halogenated alkanes) is 1. The van der Waals surface area contributed by atoms with E-state index in [0.717, 1.165) is 30.6 Å². The first-order valence-corrected chi connectivity index (χ1v) is 8.34. The molecule has 1 unspecified atom stereocenters.